The van der Waals surface area contributed by atoms with Gasteiger partial charge in [0.15, 0.2) is 0 Å². The molecule has 0 saturated heterocycles. The summed E-state index contributed by atoms with van der Waals surface area (Å²) in [6.45, 7) is 6.25. The highest BCUT2D eigenvalue weighted by Crippen LogP contribution is 2.39. The molecule has 1 saturated carbocycles. The normalized spacial score (nSPS) is 14.2. The van der Waals surface area contributed by atoms with Gasteiger partial charge in [0.2, 0.25) is 0 Å². The molecule has 0 atom stereocenters. The van der Waals surface area contributed by atoms with Gasteiger partial charge in [-0.2, -0.15) is 11.8 Å². The van der Waals surface area contributed by atoms with E-state index in [0.717, 1.165) is 42.5 Å². The van der Waals surface area contributed by atoms with Gasteiger partial charge < -0.3 is 10.6 Å². The van der Waals surface area contributed by atoms with Gasteiger partial charge in [-0.3, -0.25) is 0 Å². The lowest BCUT2D eigenvalue weighted by atomic mass is 10.2. The van der Waals surface area contributed by atoms with Crippen LogP contribution in [0, 0.1) is 6.92 Å². The van der Waals surface area contributed by atoms with Gasteiger partial charge in [-0.1, -0.05) is 6.92 Å². The topological polar surface area (TPSA) is 49.8 Å². The zero-order valence-electron chi connectivity index (χ0n) is 13.5. The van der Waals surface area contributed by atoms with E-state index in [9.17, 15) is 0 Å². The van der Waals surface area contributed by atoms with Gasteiger partial charge in [-0.25, -0.2) is 9.97 Å². The van der Waals surface area contributed by atoms with Gasteiger partial charge in [-0.15, -0.1) is 0 Å². The Bertz CT molecular complexity index is 446. The summed E-state index contributed by atoms with van der Waals surface area (Å²) in [5, 5.41) is 6.95. The van der Waals surface area contributed by atoms with Crippen LogP contribution in [-0.2, 0) is 0 Å². The molecule has 2 rings (SSSR count). The number of unbranched alkanes of at least 4 members (excludes halogenated alkanes) is 1. The van der Waals surface area contributed by atoms with E-state index in [-0.39, 0.29) is 0 Å². The summed E-state index contributed by atoms with van der Waals surface area (Å²) in [6.07, 6.45) is 8.21. The summed E-state index contributed by atoms with van der Waals surface area (Å²) in [6, 6.07) is 0. The van der Waals surface area contributed by atoms with Gasteiger partial charge in [0.25, 0.3) is 0 Å². The highest BCUT2D eigenvalue weighted by molar-refractivity contribution is 7.98. The Kier molecular flexibility index (Phi) is 6.61. The van der Waals surface area contributed by atoms with Crippen LogP contribution in [0.1, 0.15) is 56.3 Å². The van der Waals surface area contributed by atoms with Crippen molar-refractivity contribution in [2.45, 2.75) is 51.9 Å². The summed E-state index contributed by atoms with van der Waals surface area (Å²) in [4.78, 5) is 9.48. The fourth-order valence-corrected chi connectivity index (χ4v) is 2.72. The zero-order valence-corrected chi connectivity index (χ0v) is 14.4. The van der Waals surface area contributed by atoms with Gasteiger partial charge in [-0.05, 0) is 51.0 Å². The highest BCUT2D eigenvalue weighted by Gasteiger charge is 2.28. The standard InChI is InChI=1S/C16H28N4S/c1-4-9-17-14-12(2)15(18-10-5-6-11-21-3)20-16(19-14)13-7-8-13/h13H,4-11H2,1-3H3,(H2,17,18,19,20). The molecule has 0 aliphatic heterocycles. The number of anilines is 2. The summed E-state index contributed by atoms with van der Waals surface area (Å²) >= 11 is 1.91. The zero-order chi connectivity index (χ0) is 15.1. The summed E-state index contributed by atoms with van der Waals surface area (Å²) < 4.78 is 0. The van der Waals surface area contributed by atoms with Gasteiger partial charge in [0.05, 0.1) is 0 Å². The largest absolute Gasteiger partial charge is 0.370 e. The second kappa shape index (κ2) is 8.47. The first-order valence-corrected chi connectivity index (χ1v) is 9.50. The fourth-order valence-electron chi connectivity index (χ4n) is 2.22. The van der Waals surface area contributed by atoms with E-state index in [1.54, 1.807) is 0 Å². The molecule has 0 unspecified atom stereocenters. The molecule has 1 aromatic heterocycles. The van der Waals surface area contributed by atoms with Crippen LogP contribution in [0.2, 0.25) is 0 Å². The van der Waals surface area contributed by atoms with Crippen LogP contribution in [0.25, 0.3) is 0 Å². The van der Waals surface area contributed by atoms with Crippen molar-refractivity contribution in [2.75, 3.05) is 35.7 Å². The Morgan fingerprint density at radius 2 is 1.76 bits per heavy atom. The van der Waals surface area contributed by atoms with E-state index >= 15 is 0 Å². The minimum Gasteiger partial charge on any atom is -0.370 e. The van der Waals surface area contributed by atoms with Crippen LogP contribution >= 0.6 is 11.8 Å². The lowest BCUT2D eigenvalue weighted by Crippen LogP contribution is -2.12. The van der Waals surface area contributed by atoms with Crippen LogP contribution in [0.4, 0.5) is 11.6 Å². The SMILES string of the molecule is CCCNc1nc(C2CC2)nc(NCCCCSC)c1C. The molecule has 0 bridgehead atoms. The molecule has 1 fully saturated rings. The predicted molar refractivity (Wildman–Crippen MR) is 93.6 cm³/mol. The van der Waals surface area contributed by atoms with Crippen molar-refractivity contribution in [3.05, 3.63) is 11.4 Å². The average molecular weight is 308 g/mol. The molecule has 5 heteroatoms. The summed E-state index contributed by atoms with van der Waals surface area (Å²) in [5.74, 6) is 4.88. The molecule has 2 N–H and O–H groups in total. The molecule has 0 aromatic carbocycles. The number of hydrogen-bond donors (Lipinski definition) is 2. The van der Waals surface area contributed by atoms with E-state index in [1.807, 2.05) is 11.8 Å². The molecule has 1 aromatic rings. The van der Waals surface area contributed by atoms with Gasteiger partial charge in [0, 0.05) is 24.6 Å². The maximum Gasteiger partial charge on any atom is 0.136 e. The Morgan fingerprint density at radius 3 is 2.33 bits per heavy atom. The monoisotopic (exact) mass is 308 g/mol. The van der Waals surface area contributed by atoms with Gasteiger partial charge >= 0.3 is 0 Å². The van der Waals surface area contributed by atoms with E-state index < -0.39 is 0 Å². The maximum atomic E-state index is 4.75. The molecule has 0 amide bonds. The molecular formula is C16H28N4S. The van der Waals surface area contributed by atoms with Crippen molar-refractivity contribution in [2.24, 2.45) is 0 Å². The lowest BCUT2D eigenvalue weighted by Gasteiger charge is -2.15. The van der Waals surface area contributed by atoms with Crippen molar-refractivity contribution < 1.29 is 0 Å². The number of nitrogens with one attached hydrogen (secondary N) is 2. The molecule has 118 valence electrons. The van der Waals surface area contributed by atoms with Crippen molar-refractivity contribution in [1.82, 2.24) is 9.97 Å². The Balaban J connectivity index is 2.01. The first-order valence-electron chi connectivity index (χ1n) is 8.11. The number of nitrogens with zero attached hydrogens (tertiary/aromatic N) is 2. The average Bonchev–Trinajstić information content (AvgIpc) is 3.32. The van der Waals surface area contributed by atoms with Crippen molar-refractivity contribution in [1.29, 1.82) is 0 Å². The third-order valence-corrected chi connectivity index (χ3v) is 4.41. The third-order valence-electron chi connectivity index (χ3n) is 3.72. The molecule has 4 nitrogen and oxygen atoms in total. The third kappa shape index (κ3) is 5.06. The van der Waals surface area contributed by atoms with Crippen LogP contribution in [0.15, 0.2) is 0 Å². The number of rotatable bonds is 10. The predicted octanol–water partition coefficient (Wildman–Crippen LogP) is 4.04. The van der Waals surface area contributed by atoms with Crippen molar-refractivity contribution in [3.63, 3.8) is 0 Å². The number of aromatic nitrogens is 2. The maximum absolute atomic E-state index is 4.75. The first-order chi connectivity index (χ1) is 10.3. The molecule has 0 radical (unpaired) electrons. The molecule has 1 aliphatic carbocycles. The minimum atomic E-state index is 0.588. The molecule has 0 spiro atoms. The summed E-state index contributed by atoms with van der Waals surface area (Å²) in [7, 11) is 0. The smallest absolute Gasteiger partial charge is 0.136 e. The van der Waals surface area contributed by atoms with Crippen molar-refractivity contribution >= 4 is 23.4 Å². The van der Waals surface area contributed by atoms with E-state index in [4.69, 9.17) is 9.97 Å². The second-order valence-electron chi connectivity index (χ2n) is 5.73. The van der Waals surface area contributed by atoms with Crippen molar-refractivity contribution in [3.8, 4) is 0 Å². The lowest BCUT2D eigenvalue weighted by molar-refractivity contribution is 0.830. The fraction of sp³-hybridized carbons (Fsp3) is 0.750. The van der Waals surface area contributed by atoms with E-state index in [1.165, 1.54) is 31.4 Å². The molecule has 1 heterocycles. The van der Waals surface area contributed by atoms with E-state index in [2.05, 4.69) is 30.7 Å². The van der Waals surface area contributed by atoms with Crippen LogP contribution in [-0.4, -0.2) is 35.1 Å². The number of thioether (sulfide) groups is 1. The number of hydrogen-bond acceptors (Lipinski definition) is 5. The summed E-state index contributed by atoms with van der Waals surface area (Å²) in [5.41, 5.74) is 1.15. The minimum absolute atomic E-state index is 0.588. The first kappa shape index (κ1) is 16.4. The highest BCUT2D eigenvalue weighted by atomic mass is 32.2. The quantitative estimate of drug-likeness (QED) is 0.639. The van der Waals surface area contributed by atoms with Crippen LogP contribution < -0.4 is 10.6 Å². The molecule has 21 heavy (non-hydrogen) atoms. The molecular weight excluding hydrogens is 280 g/mol. The molecule has 1 aliphatic rings. The second-order valence-corrected chi connectivity index (χ2v) is 6.72. The Morgan fingerprint density at radius 1 is 1.10 bits per heavy atom. The Hall–Kier alpha value is -0.970. The van der Waals surface area contributed by atoms with Gasteiger partial charge in [0.1, 0.15) is 17.5 Å². The van der Waals surface area contributed by atoms with E-state index in [0.29, 0.717) is 5.92 Å². The van der Waals surface area contributed by atoms with Crippen LogP contribution in [0.3, 0.4) is 0 Å². The Labute approximate surface area is 132 Å². The van der Waals surface area contributed by atoms with Crippen LogP contribution in [0.5, 0.6) is 0 Å².